The second-order valence-corrected chi connectivity index (χ2v) is 3.54. The van der Waals surface area contributed by atoms with Crippen LogP contribution in [0.25, 0.3) is 0 Å². The van der Waals surface area contributed by atoms with Gasteiger partial charge in [0.05, 0.1) is 12.2 Å². The highest BCUT2D eigenvalue weighted by atomic mass is 15.6. The summed E-state index contributed by atoms with van der Waals surface area (Å²) in [6.07, 6.45) is 1.50. The first-order valence-corrected chi connectivity index (χ1v) is 5.33. The zero-order chi connectivity index (χ0) is 10.6. The maximum absolute atomic E-state index is 3.35. The van der Waals surface area contributed by atoms with Crippen molar-refractivity contribution in [2.75, 3.05) is 34.2 Å². The minimum absolute atomic E-state index is 0.367. The molecule has 14 heavy (non-hydrogen) atoms. The molecule has 5 nitrogen and oxygen atoms in total. The Kier molecular flexibility index (Phi) is 4.77. The number of rotatable bonds is 4. The van der Waals surface area contributed by atoms with Gasteiger partial charge in [-0.1, -0.05) is 6.92 Å². The molecule has 2 atom stereocenters. The van der Waals surface area contributed by atoms with Crippen molar-refractivity contribution in [1.82, 2.24) is 26.2 Å². The molecule has 0 aromatic heterocycles. The van der Waals surface area contributed by atoms with Crippen molar-refractivity contribution in [3.63, 3.8) is 0 Å². The summed E-state index contributed by atoms with van der Waals surface area (Å²) < 4.78 is 0. The van der Waals surface area contributed by atoms with Crippen LogP contribution < -0.4 is 16.2 Å². The van der Waals surface area contributed by atoms with Crippen LogP contribution in [0, 0.1) is 0 Å². The Hall–Kier alpha value is -0.200. The average Bonchev–Trinajstić information content (AvgIpc) is 2.26. The van der Waals surface area contributed by atoms with Gasteiger partial charge in [-0.25, -0.2) is 10.0 Å². The lowest BCUT2D eigenvalue weighted by molar-refractivity contribution is -0.0413. The smallest absolute Gasteiger partial charge is 0.0902 e. The highest BCUT2D eigenvalue weighted by molar-refractivity contribution is 4.85. The fourth-order valence-corrected chi connectivity index (χ4v) is 2.22. The Morgan fingerprint density at radius 3 is 2.07 bits per heavy atom. The molecule has 0 radical (unpaired) electrons. The van der Waals surface area contributed by atoms with Gasteiger partial charge in [0.2, 0.25) is 0 Å². The molecule has 1 aliphatic heterocycles. The molecule has 0 aliphatic carbocycles. The van der Waals surface area contributed by atoms with E-state index in [4.69, 9.17) is 0 Å². The van der Waals surface area contributed by atoms with Crippen molar-refractivity contribution in [2.45, 2.75) is 25.6 Å². The summed E-state index contributed by atoms with van der Waals surface area (Å²) >= 11 is 0. The van der Waals surface area contributed by atoms with Crippen molar-refractivity contribution in [2.24, 2.45) is 0 Å². The van der Waals surface area contributed by atoms with Gasteiger partial charge in [0.15, 0.2) is 0 Å². The summed E-state index contributed by atoms with van der Waals surface area (Å²) in [4.78, 5) is 0. The van der Waals surface area contributed by atoms with Crippen LogP contribution in [-0.4, -0.2) is 56.5 Å². The van der Waals surface area contributed by atoms with Crippen molar-refractivity contribution in [1.29, 1.82) is 0 Å². The second-order valence-electron chi connectivity index (χ2n) is 3.54. The van der Waals surface area contributed by atoms with Gasteiger partial charge in [-0.2, -0.15) is 0 Å². The van der Waals surface area contributed by atoms with Gasteiger partial charge in [-0.3, -0.25) is 10.9 Å². The first-order valence-electron chi connectivity index (χ1n) is 5.33. The van der Waals surface area contributed by atoms with Crippen molar-refractivity contribution < 1.29 is 0 Å². The van der Waals surface area contributed by atoms with Crippen LogP contribution in [-0.2, 0) is 0 Å². The molecule has 0 aromatic rings. The first-order chi connectivity index (χ1) is 6.78. The van der Waals surface area contributed by atoms with E-state index in [0.717, 1.165) is 19.5 Å². The summed E-state index contributed by atoms with van der Waals surface area (Å²) in [5.41, 5.74) is 6.48. The Balaban J connectivity index is 2.67. The lowest BCUT2D eigenvalue weighted by Crippen LogP contribution is -2.68. The SMILES string of the molecule is CCC1C(NC)N(NC)CCN1NC. The molecule has 2 unspecified atom stereocenters. The van der Waals surface area contributed by atoms with E-state index in [1.165, 1.54) is 0 Å². The number of nitrogens with zero attached hydrogens (tertiary/aromatic N) is 2. The van der Waals surface area contributed by atoms with E-state index in [1.807, 2.05) is 21.1 Å². The molecule has 0 aromatic carbocycles. The highest BCUT2D eigenvalue weighted by Crippen LogP contribution is 2.14. The largest absolute Gasteiger partial charge is 0.302 e. The van der Waals surface area contributed by atoms with Crippen LogP contribution >= 0.6 is 0 Å². The number of nitrogens with one attached hydrogen (secondary N) is 3. The molecular weight excluding hydrogens is 178 g/mol. The van der Waals surface area contributed by atoms with E-state index in [1.54, 1.807) is 0 Å². The van der Waals surface area contributed by atoms with Gasteiger partial charge in [-0.05, 0) is 27.6 Å². The molecule has 5 heteroatoms. The van der Waals surface area contributed by atoms with Gasteiger partial charge >= 0.3 is 0 Å². The van der Waals surface area contributed by atoms with E-state index in [2.05, 4.69) is 33.1 Å². The Labute approximate surface area is 86.8 Å². The molecule has 1 saturated heterocycles. The van der Waals surface area contributed by atoms with E-state index < -0.39 is 0 Å². The number of hydrogen-bond donors (Lipinski definition) is 3. The first kappa shape index (κ1) is 11.9. The molecule has 1 rings (SSSR count). The van der Waals surface area contributed by atoms with Gasteiger partial charge in [-0.15, -0.1) is 0 Å². The van der Waals surface area contributed by atoms with Crippen LogP contribution in [0.5, 0.6) is 0 Å². The molecule has 3 N–H and O–H groups in total. The predicted octanol–water partition coefficient (Wildman–Crippen LogP) is -0.803. The van der Waals surface area contributed by atoms with Crippen LogP contribution in [0.1, 0.15) is 13.3 Å². The van der Waals surface area contributed by atoms with Crippen molar-refractivity contribution in [3.8, 4) is 0 Å². The minimum Gasteiger partial charge on any atom is -0.302 e. The number of hydrazine groups is 2. The lowest BCUT2D eigenvalue weighted by atomic mass is 10.1. The normalized spacial score (nSPS) is 30.9. The molecule has 0 bridgehead atoms. The van der Waals surface area contributed by atoms with E-state index in [-0.39, 0.29) is 0 Å². The third-order valence-electron chi connectivity index (χ3n) is 2.97. The lowest BCUT2D eigenvalue weighted by Gasteiger charge is -2.46. The average molecular weight is 201 g/mol. The summed E-state index contributed by atoms with van der Waals surface area (Å²) in [5.74, 6) is 0. The van der Waals surface area contributed by atoms with E-state index >= 15 is 0 Å². The maximum Gasteiger partial charge on any atom is 0.0902 e. The summed E-state index contributed by atoms with van der Waals surface area (Å²) in [6, 6.07) is 0.506. The van der Waals surface area contributed by atoms with Gasteiger partial charge < -0.3 is 5.32 Å². The summed E-state index contributed by atoms with van der Waals surface area (Å²) in [6.45, 7) is 4.30. The topological polar surface area (TPSA) is 42.6 Å². The molecule has 0 spiro atoms. The minimum atomic E-state index is 0.367. The van der Waals surface area contributed by atoms with Gasteiger partial charge in [0, 0.05) is 13.1 Å². The van der Waals surface area contributed by atoms with Crippen molar-refractivity contribution >= 4 is 0 Å². The molecule has 0 saturated carbocycles. The molecule has 84 valence electrons. The van der Waals surface area contributed by atoms with E-state index in [0.29, 0.717) is 12.2 Å². The van der Waals surface area contributed by atoms with Gasteiger partial charge in [0.1, 0.15) is 0 Å². The molecule has 1 heterocycles. The Bertz CT molecular complexity index is 145. The fourth-order valence-electron chi connectivity index (χ4n) is 2.22. The van der Waals surface area contributed by atoms with Gasteiger partial charge in [0.25, 0.3) is 0 Å². The predicted molar refractivity (Wildman–Crippen MR) is 58.5 cm³/mol. The second kappa shape index (κ2) is 5.63. The summed E-state index contributed by atoms with van der Waals surface area (Å²) in [7, 11) is 5.98. The zero-order valence-electron chi connectivity index (χ0n) is 9.67. The highest BCUT2D eigenvalue weighted by Gasteiger charge is 2.33. The van der Waals surface area contributed by atoms with Crippen molar-refractivity contribution in [3.05, 3.63) is 0 Å². The Morgan fingerprint density at radius 1 is 1.07 bits per heavy atom. The van der Waals surface area contributed by atoms with E-state index in [9.17, 15) is 0 Å². The fraction of sp³-hybridized carbons (Fsp3) is 1.00. The van der Waals surface area contributed by atoms with Crippen LogP contribution in [0.2, 0.25) is 0 Å². The summed E-state index contributed by atoms with van der Waals surface area (Å²) in [5, 5.41) is 7.90. The number of likely N-dealkylation sites (N-methyl/N-ethyl adjacent to an activating group) is 1. The molecule has 1 fully saturated rings. The monoisotopic (exact) mass is 201 g/mol. The molecule has 0 amide bonds. The Morgan fingerprint density at radius 2 is 1.64 bits per heavy atom. The third kappa shape index (κ3) is 2.24. The standard InChI is InChI=1S/C9H23N5/c1-5-8-9(10-2)14(12-4)7-6-13(8)11-3/h8-12H,5-7H2,1-4H3. The maximum atomic E-state index is 3.35. The molecular formula is C9H23N5. The quantitative estimate of drug-likeness (QED) is 0.555. The number of piperazine rings is 1. The zero-order valence-corrected chi connectivity index (χ0v) is 9.67. The number of hydrogen-bond acceptors (Lipinski definition) is 5. The van der Waals surface area contributed by atoms with Crippen LogP contribution in [0.15, 0.2) is 0 Å². The van der Waals surface area contributed by atoms with Crippen LogP contribution in [0.3, 0.4) is 0 Å². The van der Waals surface area contributed by atoms with Crippen LogP contribution in [0.4, 0.5) is 0 Å². The molecule has 1 aliphatic rings. The third-order valence-corrected chi connectivity index (χ3v) is 2.97.